The molecule has 0 bridgehead atoms. The van der Waals surface area contributed by atoms with E-state index in [1.165, 1.54) is 6.07 Å². The van der Waals surface area contributed by atoms with E-state index in [1.807, 2.05) is 42.5 Å². The molecule has 0 radical (unpaired) electrons. The van der Waals surface area contributed by atoms with Gasteiger partial charge < -0.3 is 14.5 Å². The standard InChI is InChI=1S/C23H18F2N2O2/c1-28-22-12-17(29-14-15-5-3-2-4-6-15)8-9-18(22)21-13-26-23(27-21)16-7-10-19(24)20(25)11-16/h2-13H,14H2,1H3,(H,26,27). The zero-order chi connectivity index (χ0) is 20.2. The van der Waals surface area contributed by atoms with Crippen molar-refractivity contribution in [1.82, 2.24) is 9.97 Å². The molecule has 1 N–H and O–H groups in total. The normalized spacial score (nSPS) is 10.7. The van der Waals surface area contributed by atoms with Crippen LogP contribution in [0.2, 0.25) is 0 Å². The second kappa shape index (κ2) is 8.14. The van der Waals surface area contributed by atoms with Crippen molar-refractivity contribution in [3.05, 3.63) is 90.1 Å². The van der Waals surface area contributed by atoms with E-state index < -0.39 is 11.6 Å². The van der Waals surface area contributed by atoms with E-state index in [-0.39, 0.29) is 0 Å². The Hall–Kier alpha value is -3.67. The monoisotopic (exact) mass is 392 g/mol. The molecule has 0 spiro atoms. The first-order valence-corrected chi connectivity index (χ1v) is 9.00. The zero-order valence-electron chi connectivity index (χ0n) is 15.7. The lowest BCUT2D eigenvalue weighted by atomic mass is 10.1. The lowest BCUT2D eigenvalue weighted by Gasteiger charge is -2.11. The fraction of sp³-hybridized carbons (Fsp3) is 0.0870. The number of benzene rings is 3. The Balaban J connectivity index is 1.57. The van der Waals surface area contributed by atoms with Gasteiger partial charge in [-0.3, -0.25) is 0 Å². The Bertz CT molecular complexity index is 1130. The third-order valence-corrected chi connectivity index (χ3v) is 4.47. The van der Waals surface area contributed by atoms with E-state index >= 15 is 0 Å². The number of nitrogens with zero attached hydrogens (tertiary/aromatic N) is 1. The molecule has 0 atom stereocenters. The van der Waals surface area contributed by atoms with E-state index in [1.54, 1.807) is 19.4 Å². The Morgan fingerprint density at radius 1 is 0.931 bits per heavy atom. The van der Waals surface area contributed by atoms with Crippen molar-refractivity contribution in [1.29, 1.82) is 0 Å². The quantitative estimate of drug-likeness (QED) is 0.464. The van der Waals surface area contributed by atoms with Crippen LogP contribution in [0.1, 0.15) is 5.56 Å². The van der Waals surface area contributed by atoms with E-state index in [0.29, 0.717) is 35.2 Å². The van der Waals surface area contributed by atoms with Crippen LogP contribution in [-0.2, 0) is 6.61 Å². The maximum absolute atomic E-state index is 13.5. The van der Waals surface area contributed by atoms with Crippen LogP contribution in [0.3, 0.4) is 0 Å². The van der Waals surface area contributed by atoms with Crippen molar-refractivity contribution in [3.63, 3.8) is 0 Å². The number of aromatic nitrogens is 2. The Kier molecular flexibility index (Phi) is 5.24. The molecule has 0 saturated heterocycles. The van der Waals surface area contributed by atoms with Crippen LogP contribution in [0.5, 0.6) is 11.5 Å². The number of hydrogen-bond donors (Lipinski definition) is 1. The van der Waals surface area contributed by atoms with E-state index in [0.717, 1.165) is 23.3 Å². The van der Waals surface area contributed by atoms with Crippen molar-refractivity contribution in [2.45, 2.75) is 6.61 Å². The molecule has 4 rings (SSSR count). The summed E-state index contributed by atoms with van der Waals surface area (Å²) in [7, 11) is 1.57. The highest BCUT2D eigenvalue weighted by molar-refractivity contribution is 5.70. The average Bonchev–Trinajstić information content (AvgIpc) is 3.25. The van der Waals surface area contributed by atoms with Crippen LogP contribution < -0.4 is 9.47 Å². The summed E-state index contributed by atoms with van der Waals surface area (Å²) in [6.07, 6.45) is 1.69. The second-order valence-corrected chi connectivity index (χ2v) is 6.40. The molecule has 0 aliphatic heterocycles. The summed E-state index contributed by atoms with van der Waals surface area (Å²) in [5.41, 5.74) is 2.90. The topological polar surface area (TPSA) is 47.1 Å². The SMILES string of the molecule is COc1cc(OCc2ccccc2)ccc1-c1c[nH]c(-c2ccc(F)c(F)c2)n1. The smallest absolute Gasteiger partial charge is 0.159 e. The van der Waals surface area contributed by atoms with Gasteiger partial charge in [-0.15, -0.1) is 0 Å². The predicted molar refractivity (Wildman–Crippen MR) is 107 cm³/mol. The molecule has 0 saturated carbocycles. The largest absolute Gasteiger partial charge is 0.496 e. The molecule has 0 aliphatic carbocycles. The van der Waals surface area contributed by atoms with Gasteiger partial charge in [-0.25, -0.2) is 13.8 Å². The van der Waals surface area contributed by atoms with Crippen LogP contribution in [0, 0.1) is 11.6 Å². The molecular formula is C23H18F2N2O2. The third kappa shape index (κ3) is 4.11. The lowest BCUT2D eigenvalue weighted by molar-refractivity contribution is 0.304. The van der Waals surface area contributed by atoms with Gasteiger partial charge in [0.2, 0.25) is 0 Å². The molecule has 6 heteroatoms. The molecule has 29 heavy (non-hydrogen) atoms. The van der Waals surface area contributed by atoms with Crippen LogP contribution in [-0.4, -0.2) is 17.1 Å². The molecule has 1 heterocycles. The maximum atomic E-state index is 13.5. The third-order valence-electron chi connectivity index (χ3n) is 4.47. The highest BCUT2D eigenvalue weighted by Gasteiger charge is 2.13. The van der Waals surface area contributed by atoms with E-state index in [2.05, 4.69) is 9.97 Å². The van der Waals surface area contributed by atoms with E-state index in [9.17, 15) is 8.78 Å². The van der Waals surface area contributed by atoms with Crippen LogP contribution in [0.4, 0.5) is 8.78 Å². The number of nitrogens with one attached hydrogen (secondary N) is 1. The van der Waals surface area contributed by atoms with Gasteiger partial charge in [0.15, 0.2) is 11.6 Å². The van der Waals surface area contributed by atoms with Crippen molar-refractivity contribution in [3.8, 4) is 34.1 Å². The maximum Gasteiger partial charge on any atom is 0.159 e. The molecule has 4 nitrogen and oxygen atoms in total. The summed E-state index contributed by atoms with van der Waals surface area (Å²) in [5, 5.41) is 0. The number of methoxy groups -OCH3 is 1. The Morgan fingerprint density at radius 3 is 2.52 bits per heavy atom. The minimum Gasteiger partial charge on any atom is -0.496 e. The van der Waals surface area contributed by atoms with Crippen molar-refractivity contribution < 1.29 is 18.3 Å². The summed E-state index contributed by atoms with van der Waals surface area (Å²) in [4.78, 5) is 7.48. The van der Waals surface area contributed by atoms with Crippen LogP contribution in [0.15, 0.2) is 72.9 Å². The minimum atomic E-state index is -0.919. The van der Waals surface area contributed by atoms with Crippen molar-refractivity contribution >= 4 is 0 Å². The summed E-state index contributed by atoms with van der Waals surface area (Å²) in [6.45, 7) is 0.450. The minimum absolute atomic E-state index is 0.436. The van der Waals surface area contributed by atoms with Gasteiger partial charge in [-0.1, -0.05) is 30.3 Å². The number of ether oxygens (including phenoxy) is 2. The molecule has 3 aromatic carbocycles. The number of halogens is 2. The fourth-order valence-electron chi connectivity index (χ4n) is 2.96. The molecule has 0 amide bonds. The van der Waals surface area contributed by atoms with Gasteiger partial charge in [0.1, 0.15) is 23.9 Å². The molecule has 0 aliphatic rings. The highest BCUT2D eigenvalue weighted by Crippen LogP contribution is 2.33. The van der Waals surface area contributed by atoms with Crippen LogP contribution >= 0.6 is 0 Å². The first kappa shape index (κ1) is 18.7. The molecular weight excluding hydrogens is 374 g/mol. The van der Waals surface area contributed by atoms with Gasteiger partial charge in [0, 0.05) is 23.4 Å². The molecule has 0 fully saturated rings. The highest BCUT2D eigenvalue weighted by atomic mass is 19.2. The second-order valence-electron chi connectivity index (χ2n) is 6.40. The average molecular weight is 392 g/mol. The van der Waals surface area contributed by atoms with Gasteiger partial charge in [0.05, 0.1) is 12.8 Å². The predicted octanol–water partition coefficient (Wildman–Crippen LogP) is 5.61. The number of H-pyrrole nitrogens is 1. The molecule has 4 aromatic rings. The number of rotatable bonds is 6. The number of imidazole rings is 1. The first-order chi connectivity index (χ1) is 14.1. The summed E-state index contributed by atoms with van der Waals surface area (Å²) < 4.78 is 38.0. The fourth-order valence-corrected chi connectivity index (χ4v) is 2.96. The van der Waals surface area contributed by atoms with Gasteiger partial charge in [-0.2, -0.15) is 0 Å². The Labute approximate surface area is 166 Å². The van der Waals surface area contributed by atoms with Gasteiger partial charge in [-0.05, 0) is 35.9 Å². The summed E-state index contributed by atoms with van der Waals surface area (Å²) >= 11 is 0. The van der Waals surface area contributed by atoms with Gasteiger partial charge in [0.25, 0.3) is 0 Å². The lowest BCUT2D eigenvalue weighted by Crippen LogP contribution is -1.96. The molecule has 0 unspecified atom stereocenters. The first-order valence-electron chi connectivity index (χ1n) is 9.00. The van der Waals surface area contributed by atoms with Crippen molar-refractivity contribution in [2.24, 2.45) is 0 Å². The van der Waals surface area contributed by atoms with Crippen LogP contribution in [0.25, 0.3) is 22.6 Å². The summed E-state index contributed by atoms with van der Waals surface area (Å²) in [5.74, 6) is -0.110. The number of aromatic amines is 1. The van der Waals surface area contributed by atoms with Gasteiger partial charge >= 0.3 is 0 Å². The Morgan fingerprint density at radius 2 is 1.76 bits per heavy atom. The molecule has 146 valence electrons. The number of hydrogen-bond acceptors (Lipinski definition) is 3. The zero-order valence-corrected chi connectivity index (χ0v) is 15.7. The summed E-state index contributed by atoms with van der Waals surface area (Å²) in [6, 6.07) is 19.0. The van der Waals surface area contributed by atoms with E-state index in [4.69, 9.17) is 9.47 Å². The molecule has 1 aromatic heterocycles. The van der Waals surface area contributed by atoms with Crippen molar-refractivity contribution in [2.75, 3.05) is 7.11 Å².